The first-order valence-electron chi connectivity index (χ1n) is 5.45. The molecule has 19 heavy (non-hydrogen) atoms. The van der Waals surface area contributed by atoms with Gasteiger partial charge in [-0.15, -0.1) is 0 Å². The van der Waals surface area contributed by atoms with Crippen molar-refractivity contribution in [2.45, 2.75) is 0 Å². The summed E-state index contributed by atoms with van der Waals surface area (Å²) in [6, 6.07) is 9.82. The SMILES string of the molecule is O=C(NNC(=O)c1ccnnc1)Nc1ccccc1. The molecule has 0 fully saturated rings. The molecule has 0 aliphatic rings. The van der Waals surface area contributed by atoms with Crippen LogP contribution in [0.5, 0.6) is 0 Å². The summed E-state index contributed by atoms with van der Waals surface area (Å²) in [7, 11) is 0. The van der Waals surface area contributed by atoms with E-state index in [0.717, 1.165) is 0 Å². The number of carbonyl (C=O) groups is 2. The van der Waals surface area contributed by atoms with Crippen LogP contribution >= 0.6 is 0 Å². The summed E-state index contributed by atoms with van der Waals surface area (Å²) in [6.07, 6.45) is 2.69. The summed E-state index contributed by atoms with van der Waals surface area (Å²) in [5.41, 5.74) is 5.41. The van der Waals surface area contributed by atoms with Gasteiger partial charge in [-0.3, -0.25) is 10.2 Å². The maximum absolute atomic E-state index is 11.6. The molecule has 1 heterocycles. The molecule has 0 saturated heterocycles. The summed E-state index contributed by atoms with van der Waals surface area (Å²) < 4.78 is 0. The molecule has 0 saturated carbocycles. The fourth-order valence-corrected chi connectivity index (χ4v) is 1.29. The third-order valence-electron chi connectivity index (χ3n) is 2.17. The number of hydrogen-bond donors (Lipinski definition) is 3. The third kappa shape index (κ3) is 3.77. The molecule has 0 aliphatic heterocycles. The van der Waals surface area contributed by atoms with Crippen LogP contribution in [0.15, 0.2) is 48.8 Å². The average molecular weight is 257 g/mol. The second-order valence-corrected chi connectivity index (χ2v) is 3.53. The van der Waals surface area contributed by atoms with Crippen molar-refractivity contribution in [3.63, 3.8) is 0 Å². The van der Waals surface area contributed by atoms with Crippen LogP contribution in [0.4, 0.5) is 10.5 Å². The summed E-state index contributed by atoms with van der Waals surface area (Å²) in [6.45, 7) is 0. The second kappa shape index (κ2) is 6.10. The number of amides is 3. The van der Waals surface area contributed by atoms with E-state index in [9.17, 15) is 9.59 Å². The van der Waals surface area contributed by atoms with E-state index >= 15 is 0 Å². The van der Waals surface area contributed by atoms with E-state index in [4.69, 9.17) is 0 Å². The molecule has 0 unspecified atom stereocenters. The van der Waals surface area contributed by atoms with Gasteiger partial charge in [0.15, 0.2) is 0 Å². The fraction of sp³-hybridized carbons (Fsp3) is 0. The zero-order valence-electron chi connectivity index (χ0n) is 9.83. The number of urea groups is 1. The van der Waals surface area contributed by atoms with Crippen LogP contribution in [0, 0.1) is 0 Å². The van der Waals surface area contributed by atoms with E-state index < -0.39 is 11.9 Å². The Bertz CT molecular complexity index is 559. The lowest BCUT2D eigenvalue weighted by atomic mass is 10.3. The number of rotatable bonds is 2. The highest BCUT2D eigenvalue weighted by Gasteiger charge is 2.06. The van der Waals surface area contributed by atoms with Crippen molar-refractivity contribution in [1.29, 1.82) is 0 Å². The standard InChI is InChI=1S/C12H11N5O2/c18-11(9-6-7-13-14-8-9)16-17-12(19)15-10-4-2-1-3-5-10/h1-8H,(H,16,18)(H2,15,17,19). The molecule has 0 bridgehead atoms. The summed E-state index contributed by atoms with van der Waals surface area (Å²) in [5, 5.41) is 9.67. The van der Waals surface area contributed by atoms with Crippen molar-refractivity contribution in [3.05, 3.63) is 54.4 Å². The maximum Gasteiger partial charge on any atom is 0.337 e. The smallest absolute Gasteiger partial charge is 0.307 e. The van der Waals surface area contributed by atoms with Crippen LogP contribution in [-0.2, 0) is 0 Å². The van der Waals surface area contributed by atoms with Crippen molar-refractivity contribution < 1.29 is 9.59 Å². The predicted molar refractivity (Wildman–Crippen MR) is 68.1 cm³/mol. The quantitative estimate of drug-likeness (QED) is 0.698. The van der Waals surface area contributed by atoms with Crippen molar-refractivity contribution >= 4 is 17.6 Å². The van der Waals surface area contributed by atoms with E-state index in [1.807, 2.05) is 6.07 Å². The molecule has 96 valence electrons. The summed E-state index contributed by atoms with van der Waals surface area (Å²) in [5.74, 6) is -0.474. The lowest BCUT2D eigenvalue weighted by Gasteiger charge is -2.08. The molecule has 3 amide bonds. The Hall–Kier alpha value is -2.96. The molecule has 3 N–H and O–H groups in total. The van der Waals surface area contributed by atoms with Crippen LogP contribution in [0.25, 0.3) is 0 Å². The number of nitrogens with zero attached hydrogens (tertiary/aromatic N) is 2. The fourth-order valence-electron chi connectivity index (χ4n) is 1.29. The lowest BCUT2D eigenvalue weighted by Crippen LogP contribution is -2.43. The minimum atomic E-state index is -0.540. The number of benzene rings is 1. The van der Waals surface area contributed by atoms with E-state index in [1.54, 1.807) is 24.3 Å². The van der Waals surface area contributed by atoms with Gasteiger partial charge in [0.05, 0.1) is 18.0 Å². The number of hydrazine groups is 1. The molecule has 0 aliphatic carbocycles. The summed E-state index contributed by atoms with van der Waals surface area (Å²) >= 11 is 0. The van der Waals surface area contributed by atoms with Crippen molar-refractivity contribution in [2.24, 2.45) is 0 Å². The lowest BCUT2D eigenvalue weighted by molar-refractivity contribution is 0.0937. The van der Waals surface area contributed by atoms with Crippen LogP contribution in [-0.4, -0.2) is 22.1 Å². The topological polar surface area (TPSA) is 96.0 Å². The Morgan fingerprint density at radius 1 is 0.947 bits per heavy atom. The van der Waals surface area contributed by atoms with Gasteiger partial charge in [-0.25, -0.2) is 10.2 Å². The van der Waals surface area contributed by atoms with E-state index in [1.165, 1.54) is 18.5 Å². The molecule has 0 atom stereocenters. The van der Waals surface area contributed by atoms with Crippen molar-refractivity contribution in [3.8, 4) is 0 Å². The molecule has 7 nitrogen and oxygen atoms in total. The average Bonchev–Trinajstić information content (AvgIpc) is 2.47. The zero-order chi connectivity index (χ0) is 13.5. The van der Waals surface area contributed by atoms with E-state index in [2.05, 4.69) is 26.4 Å². The van der Waals surface area contributed by atoms with Crippen LogP contribution in [0.1, 0.15) is 10.4 Å². The minimum Gasteiger partial charge on any atom is -0.307 e. The van der Waals surface area contributed by atoms with Crippen molar-refractivity contribution in [1.82, 2.24) is 21.0 Å². The van der Waals surface area contributed by atoms with Crippen LogP contribution in [0.3, 0.4) is 0 Å². The summed E-state index contributed by atoms with van der Waals surface area (Å²) in [4.78, 5) is 23.1. The highest BCUT2D eigenvalue weighted by Crippen LogP contribution is 2.03. The molecule has 7 heteroatoms. The molecule has 2 aromatic rings. The number of aromatic nitrogens is 2. The molecular weight excluding hydrogens is 246 g/mol. The van der Waals surface area contributed by atoms with Crippen molar-refractivity contribution in [2.75, 3.05) is 5.32 Å². The number of hydrogen-bond acceptors (Lipinski definition) is 4. The largest absolute Gasteiger partial charge is 0.337 e. The van der Waals surface area contributed by atoms with Gasteiger partial charge in [0.2, 0.25) is 0 Å². The van der Waals surface area contributed by atoms with Gasteiger partial charge in [-0.1, -0.05) is 18.2 Å². The third-order valence-corrected chi connectivity index (χ3v) is 2.17. The Morgan fingerprint density at radius 2 is 1.74 bits per heavy atom. The van der Waals surface area contributed by atoms with Gasteiger partial charge in [0, 0.05) is 5.69 Å². The Balaban J connectivity index is 1.83. The molecule has 2 rings (SSSR count). The number of anilines is 1. The molecule has 0 spiro atoms. The molecule has 0 radical (unpaired) electrons. The first-order valence-corrected chi connectivity index (χ1v) is 5.45. The normalized spacial score (nSPS) is 9.47. The first-order chi connectivity index (χ1) is 9.25. The van der Waals surface area contributed by atoms with Gasteiger partial charge in [0.25, 0.3) is 5.91 Å². The number of nitrogens with one attached hydrogen (secondary N) is 3. The van der Waals surface area contributed by atoms with E-state index in [-0.39, 0.29) is 0 Å². The highest BCUT2D eigenvalue weighted by atomic mass is 16.2. The highest BCUT2D eigenvalue weighted by molar-refractivity contribution is 5.96. The zero-order valence-corrected chi connectivity index (χ0v) is 9.83. The van der Waals surface area contributed by atoms with Gasteiger partial charge in [0.1, 0.15) is 0 Å². The van der Waals surface area contributed by atoms with Gasteiger partial charge in [-0.05, 0) is 18.2 Å². The molecule has 1 aromatic carbocycles. The maximum atomic E-state index is 11.6. The van der Waals surface area contributed by atoms with Gasteiger partial charge in [-0.2, -0.15) is 10.2 Å². The van der Waals surface area contributed by atoms with Crippen LogP contribution in [0.2, 0.25) is 0 Å². The van der Waals surface area contributed by atoms with Gasteiger partial charge >= 0.3 is 6.03 Å². The Morgan fingerprint density at radius 3 is 2.42 bits per heavy atom. The minimum absolute atomic E-state index is 0.301. The monoisotopic (exact) mass is 257 g/mol. The Labute approximate surface area is 109 Å². The second-order valence-electron chi connectivity index (χ2n) is 3.53. The Kier molecular flexibility index (Phi) is 4.01. The number of para-hydroxylation sites is 1. The van der Waals surface area contributed by atoms with Crippen LogP contribution < -0.4 is 16.2 Å². The van der Waals surface area contributed by atoms with Gasteiger partial charge < -0.3 is 5.32 Å². The van der Waals surface area contributed by atoms with E-state index in [0.29, 0.717) is 11.3 Å². The molecular formula is C12H11N5O2. The molecule has 1 aromatic heterocycles. The first kappa shape index (κ1) is 12.5. The number of carbonyl (C=O) groups excluding carboxylic acids is 2. The predicted octanol–water partition coefficient (Wildman–Crippen LogP) is 0.943.